The molecule has 0 fully saturated rings. The predicted molar refractivity (Wildman–Crippen MR) is 42.5 cm³/mol. The van der Waals surface area contributed by atoms with Gasteiger partial charge in [0.25, 0.3) is 0 Å². The molecule has 0 saturated carbocycles. The first-order valence-corrected chi connectivity index (χ1v) is 4.04. The van der Waals surface area contributed by atoms with Gasteiger partial charge in [0.05, 0.1) is 0 Å². The fraction of sp³-hybridized carbons (Fsp3) is 0.143. The molecular weight excluding hydrogens is 215 g/mol. The molecule has 0 bridgehead atoms. The summed E-state index contributed by atoms with van der Waals surface area (Å²) in [5.74, 6) is -0.877. The summed E-state index contributed by atoms with van der Waals surface area (Å²) in [6.45, 7) is 0. The van der Waals surface area contributed by atoms with E-state index in [0.29, 0.717) is 0 Å². The van der Waals surface area contributed by atoms with E-state index in [1.807, 2.05) is 0 Å². The molecule has 11 heavy (non-hydrogen) atoms. The summed E-state index contributed by atoms with van der Waals surface area (Å²) in [6, 6.07) is 3.99. The fourth-order valence-electron chi connectivity index (χ4n) is 0.695. The Bertz CT molecular complexity index is 232. The summed E-state index contributed by atoms with van der Waals surface area (Å²) in [4.78, 5) is 0. The minimum absolute atomic E-state index is 0.121. The van der Waals surface area contributed by atoms with Crippen molar-refractivity contribution in [2.75, 3.05) is 5.52 Å². The van der Waals surface area contributed by atoms with E-state index in [2.05, 4.69) is 15.9 Å². The predicted octanol–water partition coefficient (Wildman–Crippen LogP) is 2.26. The maximum absolute atomic E-state index is 12.7. The Labute approximate surface area is 71.7 Å². The van der Waals surface area contributed by atoms with Crippen LogP contribution in [-0.4, -0.2) is 10.6 Å². The maximum Gasteiger partial charge on any atom is 0.197 e. The third kappa shape index (κ3) is 1.83. The molecule has 0 aliphatic carbocycles. The number of hydrogen-bond acceptors (Lipinski definition) is 2. The van der Waals surface area contributed by atoms with Gasteiger partial charge in [-0.15, -0.1) is 0 Å². The van der Waals surface area contributed by atoms with Crippen LogP contribution in [0.5, 0.6) is 11.5 Å². The van der Waals surface area contributed by atoms with Crippen LogP contribution in [0.25, 0.3) is 0 Å². The zero-order valence-electron chi connectivity index (χ0n) is 5.55. The normalized spacial score (nSPS) is 9.64. The van der Waals surface area contributed by atoms with Crippen molar-refractivity contribution in [1.29, 1.82) is 0 Å². The molecule has 60 valence electrons. The van der Waals surface area contributed by atoms with Crippen LogP contribution in [0.3, 0.4) is 0 Å². The first-order chi connectivity index (χ1) is 5.25. The lowest BCUT2D eigenvalue weighted by Crippen LogP contribution is -1.91. The standard InChI is InChI=1S/C7H6BrFO2/c8-4-11-7-5(9)2-1-3-6(7)10/h1-3,10H,4H2. The van der Waals surface area contributed by atoms with Crippen molar-refractivity contribution in [1.82, 2.24) is 0 Å². The topological polar surface area (TPSA) is 29.5 Å². The molecule has 0 atom stereocenters. The average Bonchev–Trinajstić information content (AvgIpc) is 1.97. The van der Waals surface area contributed by atoms with Gasteiger partial charge in [0, 0.05) is 0 Å². The number of aromatic hydroxyl groups is 1. The smallest absolute Gasteiger partial charge is 0.197 e. The lowest BCUT2D eigenvalue weighted by atomic mass is 10.3. The zero-order chi connectivity index (χ0) is 8.27. The molecule has 0 saturated heterocycles. The summed E-state index contributed by atoms with van der Waals surface area (Å²) in [6.07, 6.45) is 0. The molecule has 0 spiro atoms. The van der Waals surface area contributed by atoms with Crippen molar-refractivity contribution in [2.24, 2.45) is 0 Å². The van der Waals surface area contributed by atoms with E-state index >= 15 is 0 Å². The maximum atomic E-state index is 12.7. The number of alkyl halides is 1. The van der Waals surface area contributed by atoms with Crippen LogP contribution < -0.4 is 4.74 Å². The van der Waals surface area contributed by atoms with Crippen molar-refractivity contribution < 1.29 is 14.2 Å². The molecule has 1 rings (SSSR count). The first kappa shape index (κ1) is 8.33. The van der Waals surface area contributed by atoms with Crippen LogP contribution in [0, 0.1) is 5.82 Å². The van der Waals surface area contributed by atoms with Crippen LogP contribution in [0.1, 0.15) is 0 Å². The van der Waals surface area contributed by atoms with E-state index in [1.165, 1.54) is 18.2 Å². The van der Waals surface area contributed by atoms with Crippen LogP contribution >= 0.6 is 15.9 Å². The number of ether oxygens (including phenoxy) is 1. The van der Waals surface area contributed by atoms with Gasteiger partial charge in [-0.05, 0) is 28.1 Å². The zero-order valence-corrected chi connectivity index (χ0v) is 7.14. The highest BCUT2D eigenvalue weighted by Gasteiger charge is 2.06. The third-order valence-corrected chi connectivity index (χ3v) is 1.37. The van der Waals surface area contributed by atoms with Gasteiger partial charge in [-0.3, -0.25) is 0 Å². The highest BCUT2D eigenvalue weighted by Crippen LogP contribution is 2.28. The molecular formula is C7H6BrFO2. The fourth-order valence-corrected chi connectivity index (χ4v) is 0.924. The summed E-state index contributed by atoms with van der Waals surface area (Å²) >= 11 is 2.95. The van der Waals surface area contributed by atoms with Gasteiger partial charge in [-0.25, -0.2) is 4.39 Å². The Morgan fingerprint density at radius 2 is 2.27 bits per heavy atom. The van der Waals surface area contributed by atoms with Gasteiger partial charge in [0.15, 0.2) is 17.3 Å². The summed E-state index contributed by atoms with van der Waals surface area (Å²) in [5, 5.41) is 9.04. The Kier molecular flexibility index (Phi) is 2.70. The Balaban J connectivity index is 3.00. The van der Waals surface area contributed by atoms with Gasteiger partial charge >= 0.3 is 0 Å². The second kappa shape index (κ2) is 3.57. The van der Waals surface area contributed by atoms with Gasteiger partial charge in [0.2, 0.25) is 0 Å². The highest BCUT2D eigenvalue weighted by molar-refractivity contribution is 9.09. The lowest BCUT2D eigenvalue weighted by Gasteiger charge is -2.04. The minimum atomic E-state index is -0.565. The van der Waals surface area contributed by atoms with E-state index in [4.69, 9.17) is 9.84 Å². The van der Waals surface area contributed by atoms with Crippen LogP contribution in [-0.2, 0) is 0 Å². The molecule has 0 amide bonds. The van der Waals surface area contributed by atoms with Crippen LogP contribution in [0.2, 0.25) is 0 Å². The minimum Gasteiger partial charge on any atom is -0.504 e. The molecule has 1 aromatic rings. The molecule has 0 aliphatic rings. The van der Waals surface area contributed by atoms with E-state index in [0.717, 1.165) is 0 Å². The molecule has 1 N–H and O–H groups in total. The number of halogens is 2. The second-order valence-corrected chi connectivity index (χ2v) is 2.30. The lowest BCUT2D eigenvalue weighted by molar-refractivity contribution is 0.340. The molecule has 0 aromatic heterocycles. The third-order valence-electron chi connectivity index (χ3n) is 1.15. The van der Waals surface area contributed by atoms with Crippen LogP contribution in [0.4, 0.5) is 4.39 Å². The summed E-state index contributed by atoms with van der Waals surface area (Å²) < 4.78 is 17.5. The monoisotopic (exact) mass is 220 g/mol. The van der Waals surface area contributed by atoms with Crippen molar-refractivity contribution in [3.8, 4) is 11.5 Å². The molecule has 1 aromatic carbocycles. The van der Waals surface area contributed by atoms with Crippen molar-refractivity contribution in [3.05, 3.63) is 24.0 Å². The number of hydrogen-bond donors (Lipinski definition) is 1. The SMILES string of the molecule is Oc1cccc(F)c1OCBr. The number of rotatable bonds is 2. The molecule has 0 heterocycles. The quantitative estimate of drug-likeness (QED) is 0.776. The molecule has 0 radical (unpaired) electrons. The number of para-hydroxylation sites is 1. The molecule has 0 aliphatic heterocycles. The highest BCUT2D eigenvalue weighted by atomic mass is 79.9. The largest absolute Gasteiger partial charge is 0.504 e. The van der Waals surface area contributed by atoms with Crippen molar-refractivity contribution in [2.45, 2.75) is 0 Å². The van der Waals surface area contributed by atoms with Crippen LogP contribution in [0.15, 0.2) is 18.2 Å². The van der Waals surface area contributed by atoms with Gasteiger partial charge in [-0.2, -0.15) is 0 Å². The second-order valence-electron chi connectivity index (χ2n) is 1.84. The Morgan fingerprint density at radius 3 is 2.82 bits per heavy atom. The van der Waals surface area contributed by atoms with Gasteiger partial charge in [-0.1, -0.05) is 6.07 Å². The number of phenolic OH excluding ortho intramolecular Hbond substituents is 1. The number of phenols is 1. The Hall–Kier alpha value is -0.770. The summed E-state index contributed by atoms with van der Waals surface area (Å²) in [7, 11) is 0. The van der Waals surface area contributed by atoms with E-state index < -0.39 is 5.82 Å². The molecule has 2 nitrogen and oxygen atoms in total. The van der Waals surface area contributed by atoms with E-state index in [9.17, 15) is 4.39 Å². The van der Waals surface area contributed by atoms with Crippen molar-refractivity contribution >= 4 is 15.9 Å². The summed E-state index contributed by atoms with van der Waals surface area (Å²) in [5.41, 5.74) is 0.154. The first-order valence-electron chi connectivity index (χ1n) is 2.92. The van der Waals surface area contributed by atoms with Gasteiger partial charge < -0.3 is 9.84 Å². The van der Waals surface area contributed by atoms with Crippen molar-refractivity contribution in [3.63, 3.8) is 0 Å². The van der Waals surface area contributed by atoms with Gasteiger partial charge in [0.1, 0.15) is 5.52 Å². The van der Waals surface area contributed by atoms with E-state index in [1.54, 1.807) is 0 Å². The molecule has 0 unspecified atom stereocenters. The average molecular weight is 221 g/mol. The van der Waals surface area contributed by atoms with E-state index in [-0.39, 0.29) is 17.0 Å². The Morgan fingerprint density at radius 1 is 1.55 bits per heavy atom. The number of benzene rings is 1. The molecule has 4 heteroatoms.